The minimum absolute atomic E-state index is 0.0147. The molecule has 0 saturated carbocycles. The molecule has 0 aliphatic rings. The molecule has 0 aromatic heterocycles. The zero-order valence-corrected chi connectivity index (χ0v) is 13.6. The van der Waals surface area contributed by atoms with Gasteiger partial charge >= 0.3 is 5.97 Å². The predicted octanol–water partition coefficient (Wildman–Crippen LogP) is 2.93. The van der Waals surface area contributed by atoms with Gasteiger partial charge in [-0.05, 0) is 13.3 Å². The van der Waals surface area contributed by atoms with Crippen molar-refractivity contribution < 1.29 is 9.53 Å². The Hall–Kier alpha value is 0.387. The maximum absolute atomic E-state index is 10.9. The first-order chi connectivity index (χ1) is 7.06. The van der Waals surface area contributed by atoms with Crippen molar-refractivity contribution >= 4 is 47.3 Å². The van der Waals surface area contributed by atoms with Gasteiger partial charge in [0.25, 0.3) is 0 Å². The van der Waals surface area contributed by atoms with Crippen molar-refractivity contribution in [2.24, 2.45) is 0 Å². The van der Waals surface area contributed by atoms with Gasteiger partial charge in [-0.2, -0.15) is 0 Å². The highest BCUT2D eigenvalue weighted by atomic mass is 79.9. The second-order valence-electron chi connectivity index (χ2n) is 3.48. The minimum atomic E-state index is -0.321. The highest BCUT2D eigenvalue weighted by molar-refractivity contribution is 9.25. The van der Waals surface area contributed by atoms with E-state index in [0.717, 1.165) is 12.8 Å². The van der Waals surface area contributed by atoms with E-state index in [0.29, 0.717) is 3.36 Å². The number of halogens is 2. The molecule has 0 saturated heterocycles. The van der Waals surface area contributed by atoms with Crippen molar-refractivity contribution in [3.8, 4) is 0 Å². The Morgan fingerprint density at radius 1 is 1.53 bits per heavy atom. The summed E-state index contributed by atoms with van der Waals surface area (Å²) in [5.74, 6) is -0.321. The number of alkyl halides is 2. The lowest BCUT2D eigenvalue weighted by molar-refractivity contribution is -0.142. The van der Waals surface area contributed by atoms with E-state index in [2.05, 4.69) is 38.4 Å². The number of unbranched alkanes of at least 4 members (excludes halogenated alkanes) is 1. The normalized spacial score (nSPS) is 13.3. The van der Waals surface area contributed by atoms with Crippen molar-refractivity contribution in [3.63, 3.8) is 0 Å². The topological polar surface area (TPSA) is 26.3 Å². The van der Waals surface area contributed by atoms with Gasteiger partial charge < -0.3 is 4.74 Å². The van der Waals surface area contributed by atoms with Crippen LogP contribution in [0.5, 0.6) is 0 Å². The standard InChI is InChI=1S/C10H18Br2O2Si/c1-3-9(13)14-8(2)6-4-5-7-15-10(11)12/h3,8,10H,1,4-7,15H2,2H3. The zero-order chi connectivity index (χ0) is 11.7. The molecule has 0 aromatic carbocycles. The predicted molar refractivity (Wildman–Crippen MR) is 74.6 cm³/mol. The number of rotatable bonds is 8. The summed E-state index contributed by atoms with van der Waals surface area (Å²) in [6, 6.07) is 1.32. The molecule has 0 N–H and O–H groups in total. The third-order valence-electron chi connectivity index (χ3n) is 2.02. The number of hydrogen-bond acceptors (Lipinski definition) is 2. The molecular formula is C10H18Br2O2Si. The molecule has 0 aromatic rings. The fourth-order valence-corrected chi connectivity index (χ4v) is 4.11. The summed E-state index contributed by atoms with van der Waals surface area (Å²) in [4.78, 5) is 10.9. The average molecular weight is 358 g/mol. The second-order valence-corrected chi connectivity index (χ2v) is 11.4. The Labute approximate surface area is 111 Å². The molecule has 88 valence electrons. The van der Waals surface area contributed by atoms with Gasteiger partial charge in [0.2, 0.25) is 0 Å². The van der Waals surface area contributed by atoms with Crippen LogP contribution in [0.3, 0.4) is 0 Å². The first-order valence-electron chi connectivity index (χ1n) is 5.17. The molecule has 2 nitrogen and oxygen atoms in total. The van der Waals surface area contributed by atoms with E-state index < -0.39 is 0 Å². The fourth-order valence-electron chi connectivity index (χ4n) is 1.21. The Kier molecular flexibility index (Phi) is 9.85. The maximum atomic E-state index is 10.9. The van der Waals surface area contributed by atoms with Gasteiger partial charge in [-0.25, -0.2) is 4.79 Å². The van der Waals surface area contributed by atoms with Gasteiger partial charge in [-0.3, -0.25) is 0 Å². The number of hydrogen-bond donors (Lipinski definition) is 0. The maximum Gasteiger partial charge on any atom is 0.330 e. The summed E-state index contributed by atoms with van der Waals surface area (Å²) in [7, 11) is -0.0157. The molecule has 1 atom stereocenters. The van der Waals surface area contributed by atoms with E-state index in [-0.39, 0.29) is 21.6 Å². The van der Waals surface area contributed by atoms with Gasteiger partial charge in [0.05, 0.1) is 9.46 Å². The molecule has 0 fully saturated rings. The van der Waals surface area contributed by atoms with E-state index in [9.17, 15) is 4.79 Å². The van der Waals surface area contributed by atoms with Crippen molar-refractivity contribution in [2.45, 2.75) is 41.7 Å². The Morgan fingerprint density at radius 3 is 2.73 bits per heavy atom. The largest absolute Gasteiger partial charge is 0.460 e. The van der Waals surface area contributed by atoms with Crippen molar-refractivity contribution in [1.82, 2.24) is 0 Å². The molecule has 0 radical (unpaired) electrons. The molecule has 0 aliphatic heterocycles. The van der Waals surface area contributed by atoms with Crippen LogP contribution in [0.25, 0.3) is 0 Å². The molecule has 0 heterocycles. The van der Waals surface area contributed by atoms with Gasteiger partial charge in [0.15, 0.2) is 0 Å². The van der Waals surface area contributed by atoms with Gasteiger partial charge in [-0.15, -0.1) is 0 Å². The lowest BCUT2D eigenvalue weighted by Crippen LogP contribution is -2.12. The fraction of sp³-hybridized carbons (Fsp3) is 0.700. The lowest BCUT2D eigenvalue weighted by atomic mass is 10.2. The molecule has 0 amide bonds. The van der Waals surface area contributed by atoms with E-state index in [1.165, 1.54) is 18.5 Å². The van der Waals surface area contributed by atoms with Gasteiger partial charge in [0, 0.05) is 15.6 Å². The first-order valence-corrected chi connectivity index (χ1v) is 8.82. The van der Waals surface area contributed by atoms with Crippen molar-refractivity contribution in [3.05, 3.63) is 12.7 Å². The molecule has 1 unspecified atom stereocenters. The molecule has 0 spiro atoms. The van der Waals surface area contributed by atoms with Crippen LogP contribution in [0.4, 0.5) is 0 Å². The van der Waals surface area contributed by atoms with E-state index in [1.54, 1.807) is 0 Å². The molecule has 0 bridgehead atoms. The van der Waals surface area contributed by atoms with Crippen LogP contribution in [0.15, 0.2) is 12.7 Å². The molecule has 5 heteroatoms. The summed E-state index contributed by atoms with van der Waals surface area (Å²) in [6.45, 7) is 5.29. The molecule has 0 rings (SSSR count). The van der Waals surface area contributed by atoms with Gasteiger partial charge in [0.1, 0.15) is 0 Å². The van der Waals surface area contributed by atoms with E-state index in [1.807, 2.05) is 6.92 Å². The third-order valence-corrected chi connectivity index (χ3v) is 6.11. The Morgan fingerprint density at radius 2 is 2.20 bits per heavy atom. The highest BCUT2D eigenvalue weighted by Gasteiger charge is 2.06. The first kappa shape index (κ1) is 15.4. The van der Waals surface area contributed by atoms with Crippen molar-refractivity contribution in [1.29, 1.82) is 0 Å². The summed E-state index contributed by atoms with van der Waals surface area (Å²) in [6.07, 6.45) is 4.54. The quantitative estimate of drug-likeness (QED) is 0.219. The Bertz CT molecular complexity index is 198. The Balaban J connectivity index is 3.35. The number of ether oxygens (including phenoxy) is 1. The zero-order valence-electron chi connectivity index (χ0n) is 9.05. The van der Waals surface area contributed by atoms with Crippen LogP contribution >= 0.6 is 31.9 Å². The van der Waals surface area contributed by atoms with Crippen LogP contribution in [0, 0.1) is 0 Å². The average Bonchev–Trinajstić information content (AvgIpc) is 2.16. The number of esters is 1. The van der Waals surface area contributed by atoms with E-state index >= 15 is 0 Å². The van der Waals surface area contributed by atoms with Crippen LogP contribution in [-0.2, 0) is 9.53 Å². The summed E-state index contributed by atoms with van der Waals surface area (Å²) in [5.41, 5.74) is 0. The molecule has 15 heavy (non-hydrogen) atoms. The summed E-state index contributed by atoms with van der Waals surface area (Å²) in [5, 5.41) is 0. The number of carbonyl (C=O) groups is 1. The lowest BCUT2D eigenvalue weighted by Gasteiger charge is -2.11. The van der Waals surface area contributed by atoms with Crippen molar-refractivity contribution in [2.75, 3.05) is 0 Å². The smallest absolute Gasteiger partial charge is 0.330 e. The van der Waals surface area contributed by atoms with Crippen LogP contribution in [-0.4, -0.2) is 25.0 Å². The van der Waals surface area contributed by atoms with E-state index in [4.69, 9.17) is 4.74 Å². The summed E-state index contributed by atoms with van der Waals surface area (Å²) >= 11 is 6.99. The second kappa shape index (κ2) is 9.60. The molecular weight excluding hydrogens is 340 g/mol. The minimum Gasteiger partial charge on any atom is -0.460 e. The SMILES string of the molecule is C=CC(=O)OC(C)CCCC[SiH2]C(Br)Br. The van der Waals surface area contributed by atoms with Crippen LogP contribution in [0.2, 0.25) is 6.04 Å². The monoisotopic (exact) mass is 356 g/mol. The third kappa shape index (κ3) is 10.7. The highest BCUT2D eigenvalue weighted by Crippen LogP contribution is 2.12. The summed E-state index contributed by atoms with van der Waals surface area (Å²) < 4.78 is 5.62. The van der Waals surface area contributed by atoms with Crippen LogP contribution < -0.4 is 0 Å². The van der Waals surface area contributed by atoms with Gasteiger partial charge in [-0.1, -0.05) is 57.3 Å². The number of carbonyl (C=O) groups excluding carboxylic acids is 1. The van der Waals surface area contributed by atoms with Crippen LogP contribution in [0.1, 0.15) is 26.2 Å². The molecule has 0 aliphatic carbocycles.